The number of carbonyl (C=O) groups excluding carboxylic acids is 1. The highest BCUT2D eigenvalue weighted by molar-refractivity contribution is 7.07. The van der Waals surface area contributed by atoms with Gasteiger partial charge in [-0.3, -0.25) is 4.79 Å². The summed E-state index contributed by atoms with van der Waals surface area (Å²) in [6.07, 6.45) is 1.85. The molecule has 0 aliphatic heterocycles. The molecule has 0 aliphatic rings. The number of amides is 1. The molecule has 4 aromatic rings. The number of para-hydroxylation sites is 1. The molecule has 7 heteroatoms. The Morgan fingerprint density at radius 3 is 2.38 bits per heavy atom. The number of aryl methyl sites for hydroxylation is 1. The van der Waals surface area contributed by atoms with Gasteiger partial charge in [-0.2, -0.15) is 4.99 Å². The number of hydrogen-bond acceptors (Lipinski definition) is 4. The molecule has 1 amide bonds. The van der Waals surface area contributed by atoms with Crippen LogP contribution in [-0.2, 0) is 7.05 Å². The molecule has 6 nitrogen and oxygen atoms in total. The molecule has 0 fully saturated rings. The Labute approximate surface area is 153 Å². The van der Waals surface area contributed by atoms with Crippen molar-refractivity contribution in [2.45, 2.75) is 0 Å². The van der Waals surface area contributed by atoms with Crippen LogP contribution in [0.25, 0.3) is 17.1 Å². The molecule has 0 unspecified atom stereocenters. The van der Waals surface area contributed by atoms with Crippen LogP contribution in [0.3, 0.4) is 0 Å². The fourth-order valence-corrected chi connectivity index (χ4v) is 3.23. The number of carbonyl (C=O) groups is 1. The summed E-state index contributed by atoms with van der Waals surface area (Å²) in [6.45, 7) is 0. The molecule has 0 N–H and O–H groups in total. The minimum Gasteiger partial charge on any atom is -0.327 e. The van der Waals surface area contributed by atoms with Gasteiger partial charge in [0.2, 0.25) is 5.82 Å². The van der Waals surface area contributed by atoms with E-state index in [1.807, 2.05) is 79.3 Å². The zero-order valence-corrected chi connectivity index (χ0v) is 14.8. The zero-order chi connectivity index (χ0) is 17.9. The predicted molar refractivity (Wildman–Crippen MR) is 100.0 cm³/mol. The van der Waals surface area contributed by atoms with Crippen LogP contribution < -0.4 is 4.80 Å². The van der Waals surface area contributed by atoms with Gasteiger partial charge in [0.25, 0.3) is 0 Å². The lowest BCUT2D eigenvalue weighted by atomic mass is 10.2. The molecule has 0 saturated carbocycles. The van der Waals surface area contributed by atoms with Crippen LogP contribution >= 0.6 is 11.3 Å². The maximum absolute atomic E-state index is 12.6. The highest BCUT2D eigenvalue weighted by Gasteiger charge is 2.18. The third-order valence-corrected chi connectivity index (χ3v) is 4.64. The molecule has 0 spiro atoms. The summed E-state index contributed by atoms with van der Waals surface area (Å²) >= 11 is 1.39. The van der Waals surface area contributed by atoms with Crippen molar-refractivity contribution in [3.63, 3.8) is 0 Å². The fourth-order valence-electron chi connectivity index (χ4n) is 2.50. The average Bonchev–Trinajstić information content (AvgIpc) is 3.30. The van der Waals surface area contributed by atoms with E-state index in [2.05, 4.69) is 15.1 Å². The van der Waals surface area contributed by atoms with E-state index in [1.165, 1.54) is 11.3 Å². The molecule has 2 aromatic heterocycles. The minimum absolute atomic E-state index is 0.0705. The van der Waals surface area contributed by atoms with Crippen LogP contribution in [0.2, 0.25) is 0 Å². The second kappa shape index (κ2) is 6.89. The maximum Gasteiger partial charge on any atom is 0.319 e. The minimum atomic E-state index is -0.463. The third-order valence-electron chi connectivity index (χ3n) is 3.79. The molecular formula is C19H15N5OS. The molecule has 26 heavy (non-hydrogen) atoms. The van der Waals surface area contributed by atoms with Crippen molar-refractivity contribution < 1.29 is 4.79 Å². The van der Waals surface area contributed by atoms with E-state index in [0.29, 0.717) is 10.6 Å². The molecule has 4 rings (SSSR count). The maximum atomic E-state index is 12.6. The molecule has 0 bridgehead atoms. The van der Waals surface area contributed by atoms with Gasteiger partial charge in [0, 0.05) is 24.2 Å². The van der Waals surface area contributed by atoms with E-state index >= 15 is 0 Å². The van der Waals surface area contributed by atoms with Crippen LogP contribution in [0, 0.1) is 0 Å². The first-order chi connectivity index (χ1) is 12.7. The first-order valence-corrected chi connectivity index (χ1v) is 8.87. The largest absolute Gasteiger partial charge is 0.327 e. The van der Waals surface area contributed by atoms with Crippen molar-refractivity contribution in [1.29, 1.82) is 0 Å². The molecule has 0 saturated heterocycles. The summed E-state index contributed by atoms with van der Waals surface area (Å²) in [5.74, 6) is 0.210. The van der Waals surface area contributed by atoms with Crippen LogP contribution in [-0.4, -0.2) is 25.2 Å². The summed E-state index contributed by atoms with van der Waals surface area (Å²) in [7, 11) is 1.84. The Morgan fingerprint density at radius 1 is 1.04 bits per heavy atom. The smallest absolute Gasteiger partial charge is 0.319 e. The fraction of sp³-hybridized carbons (Fsp3) is 0.0526. The molecule has 2 aromatic carbocycles. The topological polar surface area (TPSA) is 65.1 Å². The van der Waals surface area contributed by atoms with Gasteiger partial charge < -0.3 is 4.57 Å². The third kappa shape index (κ3) is 3.12. The van der Waals surface area contributed by atoms with Crippen molar-refractivity contribution in [2.75, 3.05) is 0 Å². The van der Waals surface area contributed by atoms with Gasteiger partial charge in [0.05, 0.1) is 5.69 Å². The van der Waals surface area contributed by atoms with Gasteiger partial charge in [-0.1, -0.05) is 48.5 Å². The van der Waals surface area contributed by atoms with Gasteiger partial charge >= 0.3 is 5.91 Å². The Hall–Kier alpha value is -3.32. The molecule has 2 heterocycles. The second-order valence-electron chi connectivity index (χ2n) is 5.59. The van der Waals surface area contributed by atoms with Gasteiger partial charge in [0.15, 0.2) is 10.6 Å². The molecule has 0 radical (unpaired) electrons. The average molecular weight is 361 g/mol. The van der Waals surface area contributed by atoms with E-state index in [-0.39, 0.29) is 5.82 Å². The highest BCUT2D eigenvalue weighted by atomic mass is 32.1. The highest BCUT2D eigenvalue weighted by Crippen LogP contribution is 2.21. The van der Waals surface area contributed by atoms with Crippen molar-refractivity contribution >= 4 is 17.2 Å². The molecular weight excluding hydrogens is 346 g/mol. The number of nitrogens with zero attached hydrogens (tertiary/aromatic N) is 5. The van der Waals surface area contributed by atoms with Crippen molar-refractivity contribution in [1.82, 2.24) is 19.3 Å². The quantitative estimate of drug-likeness (QED) is 0.563. The summed E-state index contributed by atoms with van der Waals surface area (Å²) in [5, 5.41) is 6.30. The summed E-state index contributed by atoms with van der Waals surface area (Å²) in [5.41, 5.74) is 1.71. The van der Waals surface area contributed by atoms with Gasteiger partial charge in [0.1, 0.15) is 0 Å². The lowest BCUT2D eigenvalue weighted by Crippen LogP contribution is -2.13. The van der Waals surface area contributed by atoms with Crippen LogP contribution in [0.5, 0.6) is 0 Å². The molecule has 0 atom stereocenters. The number of rotatable bonds is 3. The molecule has 128 valence electrons. The number of hydrogen-bond donors (Lipinski definition) is 0. The van der Waals surface area contributed by atoms with Crippen LogP contribution in [0.4, 0.5) is 0 Å². The normalized spacial score (nSPS) is 11.7. The summed E-state index contributed by atoms with van der Waals surface area (Å²) in [4.78, 5) is 21.8. The predicted octanol–water partition coefficient (Wildman–Crippen LogP) is 3.08. The monoisotopic (exact) mass is 361 g/mol. The van der Waals surface area contributed by atoms with E-state index < -0.39 is 5.91 Å². The Balaban J connectivity index is 1.84. The van der Waals surface area contributed by atoms with Crippen molar-refractivity contribution in [3.05, 3.63) is 82.9 Å². The SMILES string of the molecule is Cn1ccsc1=NC(=O)c1nc(-c2ccccc2)n(-c2ccccc2)n1. The zero-order valence-electron chi connectivity index (χ0n) is 14.0. The number of benzene rings is 2. The second-order valence-corrected chi connectivity index (χ2v) is 6.46. The van der Waals surface area contributed by atoms with Gasteiger partial charge in [-0.05, 0) is 12.1 Å². The Kier molecular flexibility index (Phi) is 4.28. The van der Waals surface area contributed by atoms with E-state index in [1.54, 1.807) is 9.25 Å². The summed E-state index contributed by atoms with van der Waals surface area (Å²) < 4.78 is 3.46. The first-order valence-electron chi connectivity index (χ1n) is 7.99. The van der Waals surface area contributed by atoms with E-state index in [9.17, 15) is 4.79 Å². The van der Waals surface area contributed by atoms with E-state index in [4.69, 9.17) is 0 Å². The Bertz CT molecular complexity index is 1050. The molecule has 0 aliphatic carbocycles. The van der Waals surface area contributed by atoms with Crippen LogP contribution in [0.1, 0.15) is 10.6 Å². The first kappa shape index (κ1) is 16.2. The lowest BCUT2D eigenvalue weighted by molar-refractivity contribution is 0.0988. The number of thiazole rings is 1. The number of aromatic nitrogens is 4. The Morgan fingerprint density at radius 2 is 1.73 bits per heavy atom. The van der Waals surface area contributed by atoms with E-state index in [0.717, 1.165) is 11.3 Å². The van der Waals surface area contributed by atoms with Crippen LogP contribution in [0.15, 0.2) is 77.2 Å². The van der Waals surface area contributed by atoms with Crippen molar-refractivity contribution in [3.8, 4) is 17.1 Å². The standard InChI is InChI=1S/C19H15N5OS/c1-23-12-13-26-19(23)21-18(25)16-20-17(14-8-4-2-5-9-14)24(22-16)15-10-6-3-7-11-15/h2-13H,1H3. The summed E-state index contributed by atoms with van der Waals surface area (Å²) in [6, 6.07) is 19.3. The van der Waals surface area contributed by atoms with Gasteiger partial charge in [-0.15, -0.1) is 16.4 Å². The lowest BCUT2D eigenvalue weighted by Gasteiger charge is -2.05. The van der Waals surface area contributed by atoms with Gasteiger partial charge in [-0.25, -0.2) is 9.67 Å². The van der Waals surface area contributed by atoms with Crippen molar-refractivity contribution in [2.24, 2.45) is 12.0 Å².